The number of anilines is 1. The molecule has 0 bridgehead atoms. The van der Waals surface area contributed by atoms with Crippen LogP contribution in [0.3, 0.4) is 0 Å². The summed E-state index contributed by atoms with van der Waals surface area (Å²) in [6.07, 6.45) is 1.20. The molecule has 1 fully saturated rings. The molecule has 1 amide bonds. The molecule has 1 N–H and O–H groups in total. The molecule has 0 aliphatic carbocycles. The highest BCUT2D eigenvalue weighted by molar-refractivity contribution is 7.89. The standard InChI is InChI=1S/C21H26N2O3S/c1-14-7-9-18(10-8-14)27(25,26)23-11-5-6-19(23)21(24)22-20-16(3)12-15(2)13-17(20)4/h7-10,12-13,19H,5-6,11H2,1-4H3,(H,22,24)/t19-/m0/s1. The molecule has 0 spiro atoms. The van der Waals surface area contributed by atoms with Crippen LogP contribution in [0, 0.1) is 27.7 Å². The van der Waals surface area contributed by atoms with E-state index >= 15 is 0 Å². The first kappa shape index (κ1) is 19.6. The fourth-order valence-corrected chi connectivity index (χ4v) is 5.38. The predicted octanol–water partition coefficient (Wildman–Crippen LogP) is 3.71. The van der Waals surface area contributed by atoms with Crippen LogP contribution in [0.1, 0.15) is 35.1 Å². The Kier molecular flexibility index (Phi) is 5.40. The smallest absolute Gasteiger partial charge is 0.243 e. The number of benzene rings is 2. The van der Waals surface area contributed by atoms with Gasteiger partial charge in [0, 0.05) is 12.2 Å². The Labute approximate surface area is 161 Å². The van der Waals surface area contributed by atoms with Crippen molar-refractivity contribution in [2.24, 2.45) is 0 Å². The average molecular weight is 387 g/mol. The normalized spacial score (nSPS) is 17.9. The van der Waals surface area contributed by atoms with E-state index < -0.39 is 16.1 Å². The number of amides is 1. The molecule has 0 saturated carbocycles. The number of sulfonamides is 1. The molecule has 6 heteroatoms. The molecule has 2 aromatic rings. The monoisotopic (exact) mass is 386 g/mol. The van der Waals surface area contributed by atoms with Crippen molar-refractivity contribution in [2.45, 2.75) is 51.5 Å². The van der Waals surface area contributed by atoms with Gasteiger partial charge in [-0.1, -0.05) is 35.4 Å². The highest BCUT2D eigenvalue weighted by Crippen LogP contribution is 2.28. The summed E-state index contributed by atoms with van der Waals surface area (Å²) in [5, 5.41) is 2.97. The van der Waals surface area contributed by atoms with Crippen LogP contribution in [-0.4, -0.2) is 31.2 Å². The maximum Gasteiger partial charge on any atom is 0.243 e. The van der Waals surface area contributed by atoms with E-state index in [1.807, 2.05) is 39.8 Å². The minimum atomic E-state index is -3.70. The minimum absolute atomic E-state index is 0.232. The molecule has 1 saturated heterocycles. The molecule has 27 heavy (non-hydrogen) atoms. The summed E-state index contributed by atoms with van der Waals surface area (Å²) < 4.78 is 27.4. The van der Waals surface area contributed by atoms with Gasteiger partial charge in [-0.3, -0.25) is 4.79 Å². The molecule has 1 heterocycles. The number of hydrogen-bond acceptors (Lipinski definition) is 3. The average Bonchev–Trinajstić information content (AvgIpc) is 3.09. The fourth-order valence-electron chi connectivity index (χ4n) is 3.72. The van der Waals surface area contributed by atoms with Gasteiger partial charge in [-0.2, -0.15) is 4.31 Å². The summed E-state index contributed by atoms with van der Waals surface area (Å²) in [6, 6.07) is 10.1. The van der Waals surface area contributed by atoms with Gasteiger partial charge >= 0.3 is 0 Å². The van der Waals surface area contributed by atoms with Gasteiger partial charge in [-0.05, 0) is 63.8 Å². The van der Waals surface area contributed by atoms with Gasteiger partial charge in [0.1, 0.15) is 6.04 Å². The third-order valence-electron chi connectivity index (χ3n) is 5.06. The summed E-state index contributed by atoms with van der Waals surface area (Å²) in [4.78, 5) is 13.2. The summed E-state index contributed by atoms with van der Waals surface area (Å²) >= 11 is 0. The van der Waals surface area contributed by atoms with Gasteiger partial charge < -0.3 is 5.32 Å². The van der Waals surface area contributed by atoms with E-state index in [1.54, 1.807) is 24.3 Å². The first-order valence-electron chi connectivity index (χ1n) is 9.17. The molecule has 0 unspecified atom stereocenters. The van der Waals surface area contributed by atoms with Crippen LogP contribution in [0.5, 0.6) is 0 Å². The summed E-state index contributed by atoms with van der Waals surface area (Å²) in [6.45, 7) is 8.18. The molecule has 144 valence electrons. The van der Waals surface area contributed by atoms with Gasteiger partial charge in [0.25, 0.3) is 0 Å². The van der Waals surface area contributed by atoms with Crippen molar-refractivity contribution in [2.75, 3.05) is 11.9 Å². The van der Waals surface area contributed by atoms with Crippen LogP contribution < -0.4 is 5.32 Å². The fraction of sp³-hybridized carbons (Fsp3) is 0.381. The van der Waals surface area contributed by atoms with Crippen LogP contribution in [0.4, 0.5) is 5.69 Å². The Morgan fingerprint density at radius 3 is 2.19 bits per heavy atom. The first-order valence-corrected chi connectivity index (χ1v) is 10.6. The van der Waals surface area contributed by atoms with Crippen molar-refractivity contribution in [3.63, 3.8) is 0 Å². The zero-order valence-electron chi connectivity index (χ0n) is 16.2. The lowest BCUT2D eigenvalue weighted by Crippen LogP contribution is -2.43. The Balaban J connectivity index is 1.86. The van der Waals surface area contributed by atoms with Gasteiger partial charge in [0.15, 0.2) is 0 Å². The van der Waals surface area contributed by atoms with Gasteiger partial charge in [-0.25, -0.2) is 8.42 Å². The van der Waals surface area contributed by atoms with Gasteiger partial charge in [0.2, 0.25) is 15.9 Å². The van der Waals surface area contributed by atoms with E-state index in [1.165, 1.54) is 4.31 Å². The molecular formula is C21H26N2O3S. The number of carbonyl (C=O) groups excluding carboxylic acids is 1. The first-order chi connectivity index (χ1) is 12.7. The Bertz CT molecular complexity index is 942. The highest BCUT2D eigenvalue weighted by Gasteiger charge is 2.39. The third-order valence-corrected chi connectivity index (χ3v) is 6.98. The van der Waals surface area contributed by atoms with Crippen LogP contribution in [0.2, 0.25) is 0 Å². The third kappa shape index (κ3) is 3.92. The van der Waals surface area contributed by atoms with Crippen molar-refractivity contribution >= 4 is 21.6 Å². The minimum Gasteiger partial charge on any atom is -0.324 e. The summed E-state index contributed by atoms with van der Waals surface area (Å²) in [5.74, 6) is -0.266. The zero-order valence-corrected chi connectivity index (χ0v) is 17.1. The number of hydrogen-bond donors (Lipinski definition) is 1. The largest absolute Gasteiger partial charge is 0.324 e. The predicted molar refractivity (Wildman–Crippen MR) is 107 cm³/mol. The molecule has 3 rings (SSSR count). The second kappa shape index (κ2) is 7.44. The van der Waals surface area contributed by atoms with E-state index in [2.05, 4.69) is 5.32 Å². The zero-order chi connectivity index (χ0) is 19.8. The van der Waals surface area contributed by atoms with E-state index in [4.69, 9.17) is 0 Å². The van der Waals surface area contributed by atoms with E-state index in [0.717, 1.165) is 27.9 Å². The maximum atomic E-state index is 13.0. The second-order valence-corrected chi connectivity index (χ2v) is 9.24. The number of aryl methyl sites for hydroxylation is 4. The Morgan fingerprint density at radius 2 is 1.59 bits per heavy atom. The lowest BCUT2D eigenvalue weighted by molar-refractivity contribution is -0.119. The topological polar surface area (TPSA) is 66.5 Å². The van der Waals surface area contributed by atoms with Crippen molar-refractivity contribution in [3.05, 3.63) is 58.7 Å². The van der Waals surface area contributed by atoms with Crippen LogP contribution >= 0.6 is 0 Å². The molecule has 0 aromatic heterocycles. The SMILES string of the molecule is Cc1ccc(S(=O)(=O)N2CCC[C@H]2C(=O)Nc2c(C)cc(C)cc2C)cc1. The molecule has 1 aliphatic heterocycles. The molecule has 2 aromatic carbocycles. The second-order valence-electron chi connectivity index (χ2n) is 7.35. The van der Waals surface area contributed by atoms with Crippen LogP contribution in [-0.2, 0) is 14.8 Å². The van der Waals surface area contributed by atoms with Gasteiger partial charge in [0.05, 0.1) is 4.90 Å². The highest BCUT2D eigenvalue weighted by atomic mass is 32.2. The van der Waals surface area contributed by atoms with Crippen molar-refractivity contribution in [1.29, 1.82) is 0 Å². The molecule has 0 radical (unpaired) electrons. The molecule has 5 nitrogen and oxygen atoms in total. The molecule has 1 atom stereocenters. The van der Waals surface area contributed by atoms with Crippen molar-refractivity contribution in [1.82, 2.24) is 4.31 Å². The number of rotatable bonds is 4. The van der Waals surface area contributed by atoms with Crippen LogP contribution in [0.15, 0.2) is 41.3 Å². The van der Waals surface area contributed by atoms with E-state index in [9.17, 15) is 13.2 Å². The summed E-state index contributed by atoms with van der Waals surface area (Å²) in [5.41, 5.74) is 4.85. The van der Waals surface area contributed by atoms with Crippen LogP contribution in [0.25, 0.3) is 0 Å². The lowest BCUT2D eigenvalue weighted by atomic mass is 10.0. The summed E-state index contributed by atoms with van der Waals surface area (Å²) in [7, 11) is -3.70. The van der Waals surface area contributed by atoms with E-state index in [-0.39, 0.29) is 10.8 Å². The number of nitrogens with zero attached hydrogens (tertiary/aromatic N) is 1. The Hall–Kier alpha value is -2.18. The maximum absolute atomic E-state index is 13.0. The molecular weight excluding hydrogens is 360 g/mol. The van der Waals surface area contributed by atoms with E-state index in [0.29, 0.717) is 19.4 Å². The molecule has 1 aliphatic rings. The number of nitrogens with one attached hydrogen (secondary N) is 1. The quantitative estimate of drug-likeness (QED) is 0.871. The number of carbonyl (C=O) groups is 1. The lowest BCUT2D eigenvalue weighted by Gasteiger charge is -2.24. The Morgan fingerprint density at radius 1 is 1.00 bits per heavy atom. The van der Waals surface area contributed by atoms with Crippen molar-refractivity contribution < 1.29 is 13.2 Å². The van der Waals surface area contributed by atoms with Crippen molar-refractivity contribution in [3.8, 4) is 0 Å². The van der Waals surface area contributed by atoms with Gasteiger partial charge in [-0.15, -0.1) is 0 Å².